The van der Waals surface area contributed by atoms with Crippen LogP contribution in [0.5, 0.6) is 0 Å². The minimum atomic E-state index is -0.720. The molecule has 8 heteroatoms. The van der Waals surface area contributed by atoms with E-state index >= 15 is 0 Å². The molecule has 0 atom stereocenters. The molecule has 0 saturated carbocycles. The number of benzene rings is 1. The van der Waals surface area contributed by atoms with Crippen molar-refractivity contribution in [3.05, 3.63) is 76.3 Å². The van der Waals surface area contributed by atoms with E-state index in [9.17, 15) is 9.18 Å². The summed E-state index contributed by atoms with van der Waals surface area (Å²) >= 11 is 1.62. The van der Waals surface area contributed by atoms with Gasteiger partial charge in [-0.25, -0.2) is 9.97 Å². The maximum Gasteiger partial charge on any atom is 0.258 e. The zero-order chi connectivity index (χ0) is 22.1. The van der Waals surface area contributed by atoms with Crippen LogP contribution in [0.25, 0.3) is 22.5 Å². The Morgan fingerprint density at radius 3 is 2.69 bits per heavy atom. The summed E-state index contributed by atoms with van der Waals surface area (Å²) in [4.78, 5) is 22.8. The Kier molecular flexibility index (Phi) is 5.53. The Labute approximate surface area is 188 Å². The second kappa shape index (κ2) is 8.63. The van der Waals surface area contributed by atoms with Crippen molar-refractivity contribution in [2.45, 2.75) is 25.7 Å². The van der Waals surface area contributed by atoms with Gasteiger partial charge in [0.15, 0.2) is 0 Å². The van der Waals surface area contributed by atoms with E-state index in [1.54, 1.807) is 22.3 Å². The number of thiazole rings is 1. The Morgan fingerprint density at radius 2 is 1.94 bits per heavy atom. The molecule has 1 aliphatic heterocycles. The number of nitrogens with zero attached hydrogens (tertiary/aromatic N) is 4. The lowest BCUT2D eigenvalue weighted by atomic mass is 9.97. The van der Waals surface area contributed by atoms with Crippen LogP contribution >= 0.6 is 11.3 Å². The van der Waals surface area contributed by atoms with Crippen molar-refractivity contribution in [3.63, 3.8) is 0 Å². The molecule has 0 N–H and O–H groups in total. The van der Waals surface area contributed by atoms with E-state index in [4.69, 9.17) is 9.51 Å². The molecule has 0 bridgehead atoms. The van der Waals surface area contributed by atoms with Crippen LogP contribution in [0, 0.1) is 12.9 Å². The number of carbonyl (C=O) groups is 1. The van der Waals surface area contributed by atoms with E-state index in [1.165, 1.54) is 12.3 Å². The monoisotopic (exact) mass is 448 g/mol. The van der Waals surface area contributed by atoms with Gasteiger partial charge in [-0.05, 0) is 31.9 Å². The first-order valence-corrected chi connectivity index (χ1v) is 11.4. The molecule has 1 aliphatic rings. The molecule has 4 aromatic rings. The number of piperidine rings is 1. The number of carbonyl (C=O) groups excluding carboxylic acids is 1. The molecule has 32 heavy (non-hydrogen) atoms. The number of aryl methyl sites for hydroxylation is 1. The first kappa shape index (κ1) is 20.5. The fraction of sp³-hybridized carbons (Fsp3) is 0.250. The number of likely N-dealkylation sites (tertiary alicyclic amines) is 1. The average molecular weight is 449 g/mol. The molecule has 0 aliphatic carbocycles. The molecule has 6 nitrogen and oxygen atoms in total. The number of hydrogen-bond donors (Lipinski definition) is 0. The minimum Gasteiger partial charge on any atom is -0.360 e. The molecule has 0 unspecified atom stereocenters. The van der Waals surface area contributed by atoms with E-state index in [-0.39, 0.29) is 17.4 Å². The Bertz CT molecular complexity index is 1250. The predicted molar refractivity (Wildman–Crippen MR) is 120 cm³/mol. The summed E-state index contributed by atoms with van der Waals surface area (Å²) in [5.74, 6) is -0.0273. The third-order valence-electron chi connectivity index (χ3n) is 5.81. The van der Waals surface area contributed by atoms with Crippen molar-refractivity contribution in [1.82, 2.24) is 20.0 Å². The molecule has 1 saturated heterocycles. The summed E-state index contributed by atoms with van der Waals surface area (Å²) in [5.41, 5.74) is 3.58. The highest BCUT2D eigenvalue weighted by molar-refractivity contribution is 7.10. The first-order chi connectivity index (χ1) is 15.6. The lowest BCUT2D eigenvalue weighted by molar-refractivity contribution is 0.0707. The number of amides is 1. The fourth-order valence-corrected chi connectivity index (χ4v) is 5.08. The summed E-state index contributed by atoms with van der Waals surface area (Å²) in [6.45, 7) is 3.03. The van der Waals surface area contributed by atoms with Gasteiger partial charge in [0.25, 0.3) is 5.91 Å². The lowest BCUT2D eigenvalue weighted by Gasteiger charge is -2.31. The van der Waals surface area contributed by atoms with E-state index in [2.05, 4.69) is 10.1 Å². The standard InChI is InChI=1S/C24H21FN4O2S/c1-15-20(21(28-31-15)16-6-3-2-4-7-16)19-14-32-23(27-19)17-9-12-29(13-10-17)24(30)18-8-5-11-26-22(18)25/h2-8,11,14,17H,9-10,12-13H2,1H3. The van der Waals surface area contributed by atoms with E-state index in [1.807, 2.05) is 42.6 Å². The molecule has 1 amide bonds. The summed E-state index contributed by atoms with van der Waals surface area (Å²) in [6, 6.07) is 13.0. The molecule has 162 valence electrons. The Balaban J connectivity index is 1.32. The van der Waals surface area contributed by atoms with Crippen LogP contribution in [0.2, 0.25) is 0 Å². The quantitative estimate of drug-likeness (QED) is 0.395. The van der Waals surface area contributed by atoms with Gasteiger partial charge in [-0.3, -0.25) is 4.79 Å². The van der Waals surface area contributed by atoms with Crippen molar-refractivity contribution in [2.24, 2.45) is 0 Å². The van der Waals surface area contributed by atoms with Crippen LogP contribution < -0.4 is 0 Å². The second-order valence-electron chi connectivity index (χ2n) is 7.81. The van der Waals surface area contributed by atoms with Gasteiger partial charge in [0, 0.05) is 36.1 Å². The topological polar surface area (TPSA) is 72.1 Å². The molecule has 0 spiro atoms. The maximum atomic E-state index is 13.9. The van der Waals surface area contributed by atoms with Crippen LogP contribution in [-0.4, -0.2) is 39.0 Å². The molecular weight excluding hydrogens is 427 g/mol. The van der Waals surface area contributed by atoms with Gasteiger partial charge in [0.05, 0.1) is 21.8 Å². The van der Waals surface area contributed by atoms with Gasteiger partial charge in [0.2, 0.25) is 5.95 Å². The summed E-state index contributed by atoms with van der Waals surface area (Å²) < 4.78 is 19.4. The van der Waals surface area contributed by atoms with Gasteiger partial charge in [-0.1, -0.05) is 35.5 Å². The molecule has 0 radical (unpaired) electrons. The highest BCUT2D eigenvalue weighted by Gasteiger charge is 2.28. The van der Waals surface area contributed by atoms with E-state index in [0.29, 0.717) is 13.1 Å². The fourth-order valence-electron chi connectivity index (χ4n) is 4.10. The number of hydrogen-bond acceptors (Lipinski definition) is 6. The largest absolute Gasteiger partial charge is 0.360 e. The molecule has 5 rings (SSSR count). The Morgan fingerprint density at radius 1 is 1.16 bits per heavy atom. The zero-order valence-electron chi connectivity index (χ0n) is 17.5. The van der Waals surface area contributed by atoms with Gasteiger partial charge >= 0.3 is 0 Å². The lowest BCUT2D eigenvalue weighted by Crippen LogP contribution is -2.38. The SMILES string of the molecule is Cc1onc(-c2ccccc2)c1-c1csc(C2CCN(C(=O)c3cccnc3F)CC2)n1. The van der Waals surface area contributed by atoms with E-state index in [0.717, 1.165) is 46.1 Å². The first-order valence-electron chi connectivity index (χ1n) is 10.5. The highest BCUT2D eigenvalue weighted by atomic mass is 32.1. The van der Waals surface area contributed by atoms with Gasteiger partial charge in [-0.15, -0.1) is 11.3 Å². The summed E-state index contributed by atoms with van der Waals surface area (Å²) in [6.07, 6.45) is 2.92. The summed E-state index contributed by atoms with van der Waals surface area (Å²) in [7, 11) is 0. The van der Waals surface area contributed by atoms with Crippen LogP contribution in [0.3, 0.4) is 0 Å². The van der Waals surface area contributed by atoms with Crippen LogP contribution in [0.15, 0.2) is 58.6 Å². The van der Waals surface area contributed by atoms with Crippen molar-refractivity contribution in [3.8, 4) is 22.5 Å². The predicted octanol–water partition coefficient (Wildman–Crippen LogP) is 5.33. The van der Waals surface area contributed by atoms with E-state index < -0.39 is 5.95 Å². The normalized spacial score (nSPS) is 14.6. The third-order valence-corrected chi connectivity index (χ3v) is 6.82. The number of halogens is 1. The number of rotatable bonds is 4. The van der Waals surface area contributed by atoms with Crippen LogP contribution in [0.1, 0.15) is 39.9 Å². The highest BCUT2D eigenvalue weighted by Crippen LogP contribution is 2.38. The molecular formula is C24H21FN4O2S. The van der Waals surface area contributed by atoms with Crippen molar-refractivity contribution >= 4 is 17.2 Å². The number of pyridine rings is 1. The second-order valence-corrected chi connectivity index (χ2v) is 8.70. The zero-order valence-corrected chi connectivity index (χ0v) is 18.3. The third kappa shape index (κ3) is 3.82. The van der Waals surface area contributed by atoms with Crippen molar-refractivity contribution < 1.29 is 13.7 Å². The van der Waals surface area contributed by atoms with Crippen LogP contribution in [-0.2, 0) is 0 Å². The van der Waals surface area contributed by atoms with Gasteiger partial charge in [-0.2, -0.15) is 4.39 Å². The average Bonchev–Trinajstić information content (AvgIpc) is 3.46. The number of aromatic nitrogens is 3. The van der Waals surface area contributed by atoms with Crippen molar-refractivity contribution in [1.29, 1.82) is 0 Å². The van der Waals surface area contributed by atoms with Crippen LogP contribution in [0.4, 0.5) is 4.39 Å². The maximum absolute atomic E-state index is 13.9. The molecule has 1 aromatic carbocycles. The molecule has 1 fully saturated rings. The smallest absolute Gasteiger partial charge is 0.258 e. The summed E-state index contributed by atoms with van der Waals surface area (Å²) in [5, 5.41) is 7.35. The molecule has 4 heterocycles. The van der Waals surface area contributed by atoms with Crippen molar-refractivity contribution in [2.75, 3.05) is 13.1 Å². The minimum absolute atomic E-state index is 0.0267. The van der Waals surface area contributed by atoms with Gasteiger partial charge in [0.1, 0.15) is 11.5 Å². The molecule has 3 aromatic heterocycles. The Hall–Kier alpha value is -3.39. The van der Waals surface area contributed by atoms with Gasteiger partial charge < -0.3 is 9.42 Å².